The number of nitrogens with zero attached hydrogens (tertiary/aromatic N) is 2. The monoisotopic (exact) mass is 320 g/mol. The SMILES string of the molecule is CC12CCC3C(CC=C4CCCCC43C)C1=CC=C2n1ccnc1. The van der Waals surface area contributed by atoms with Gasteiger partial charge in [-0.25, -0.2) is 4.98 Å². The van der Waals surface area contributed by atoms with E-state index >= 15 is 0 Å². The van der Waals surface area contributed by atoms with E-state index < -0.39 is 0 Å². The van der Waals surface area contributed by atoms with Gasteiger partial charge in [0, 0.05) is 23.5 Å². The fourth-order valence-corrected chi connectivity index (χ4v) is 6.46. The molecule has 0 spiro atoms. The molecule has 4 atom stereocenters. The lowest BCUT2D eigenvalue weighted by atomic mass is 9.49. The van der Waals surface area contributed by atoms with E-state index in [0.717, 1.165) is 11.8 Å². The highest BCUT2D eigenvalue weighted by molar-refractivity contribution is 5.66. The molecule has 1 heterocycles. The third kappa shape index (κ3) is 1.80. The Labute approximate surface area is 145 Å². The number of fused-ring (bicyclic) bond motifs is 5. The minimum absolute atomic E-state index is 0.207. The van der Waals surface area contributed by atoms with E-state index in [0.29, 0.717) is 5.41 Å². The summed E-state index contributed by atoms with van der Waals surface area (Å²) in [7, 11) is 0. The first-order valence-corrected chi connectivity index (χ1v) is 9.74. The van der Waals surface area contributed by atoms with Gasteiger partial charge in [-0.3, -0.25) is 0 Å². The number of hydrogen-bond acceptors (Lipinski definition) is 1. The number of imidazole rings is 1. The van der Waals surface area contributed by atoms with Gasteiger partial charge in [-0.2, -0.15) is 0 Å². The normalized spacial score (nSPS) is 40.8. The second-order valence-electron chi connectivity index (χ2n) is 8.82. The van der Waals surface area contributed by atoms with Gasteiger partial charge in [-0.05, 0) is 61.9 Å². The molecule has 0 amide bonds. The second-order valence-corrected chi connectivity index (χ2v) is 8.82. The zero-order valence-corrected chi connectivity index (χ0v) is 15.0. The van der Waals surface area contributed by atoms with Crippen LogP contribution in [-0.4, -0.2) is 9.55 Å². The van der Waals surface area contributed by atoms with Crippen molar-refractivity contribution < 1.29 is 0 Å². The van der Waals surface area contributed by atoms with Crippen LogP contribution in [0.3, 0.4) is 0 Å². The smallest absolute Gasteiger partial charge is 0.0989 e. The van der Waals surface area contributed by atoms with E-state index in [1.165, 1.54) is 50.6 Å². The van der Waals surface area contributed by atoms with Gasteiger partial charge >= 0.3 is 0 Å². The molecule has 1 aromatic rings. The first-order valence-electron chi connectivity index (χ1n) is 9.74. The zero-order valence-electron chi connectivity index (χ0n) is 15.0. The van der Waals surface area contributed by atoms with Crippen LogP contribution in [0.1, 0.15) is 58.8 Å². The van der Waals surface area contributed by atoms with Gasteiger partial charge in [0.15, 0.2) is 0 Å². The average molecular weight is 320 g/mol. The maximum Gasteiger partial charge on any atom is 0.0989 e. The number of rotatable bonds is 1. The van der Waals surface area contributed by atoms with Gasteiger partial charge in [0.25, 0.3) is 0 Å². The van der Waals surface area contributed by atoms with Crippen LogP contribution in [-0.2, 0) is 0 Å². The Hall–Kier alpha value is -1.57. The third-order valence-electron chi connectivity index (χ3n) is 7.81. The molecule has 4 aliphatic rings. The summed E-state index contributed by atoms with van der Waals surface area (Å²) in [6.07, 6.45) is 22.9. The molecular formula is C22H28N2. The van der Waals surface area contributed by atoms with Crippen molar-refractivity contribution in [3.63, 3.8) is 0 Å². The van der Waals surface area contributed by atoms with Crippen molar-refractivity contribution in [3.8, 4) is 0 Å². The second kappa shape index (κ2) is 4.97. The van der Waals surface area contributed by atoms with Crippen LogP contribution in [0.5, 0.6) is 0 Å². The highest BCUT2D eigenvalue weighted by Gasteiger charge is 2.53. The van der Waals surface area contributed by atoms with Gasteiger partial charge in [-0.1, -0.05) is 43.6 Å². The van der Waals surface area contributed by atoms with E-state index in [-0.39, 0.29) is 5.41 Å². The summed E-state index contributed by atoms with van der Waals surface area (Å²) in [6, 6.07) is 0. The molecule has 4 aliphatic carbocycles. The molecular weight excluding hydrogens is 292 g/mol. The first kappa shape index (κ1) is 14.7. The molecule has 2 nitrogen and oxygen atoms in total. The van der Waals surface area contributed by atoms with Crippen molar-refractivity contribution in [2.45, 2.75) is 58.8 Å². The van der Waals surface area contributed by atoms with Crippen molar-refractivity contribution in [2.75, 3.05) is 0 Å². The maximum atomic E-state index is 4.27. The van der Waals surface area contributed by atoms with Gasteiger partial charge < -0.3 is 4.57 Å². The van der Waals surface area contributed by atoms with Gasteiger partial charge in [0.05, 0.1) is 6.33 Å². The van der Waals surface area contributed by atoms with Crippen LogP contribution in [0.4, 0.5) is 0 Å². The fraction of sp³-hybridized carbons (Fsp3) is 0.591. The molecule has 0 bridgehead atoms. The average Bonchev–Trinajstić information content (AvgIpc) is 3.20. The molecule has 24 heavy (non-hydrogen) atoms. The topological polar surface area (TPSA) is 17.8 Å². The van der Waals surface area contributed by atoms with E-state index in [1.807, 2.05) is 12.5 Å². The quantitative estimate of drug-likeness (QED) is 0.615. The largest absolute Gasteiger partial charge is 0.309 e. The minimum atomic E-state index is 0.207. The van der Waals surface area contributed by atoms with Crippen LogP contribution in [0, 0.1) is 22.7 Å². The highest BCUT2D eigenvalue weighted by Crippen LogP contribution is 2.64. The van der Waals surface area contributed by atoms with Crippen LogP contribution < -0.4 is 0 Å². The molecule has 1 aromatic heterocycles. The molecule has 126 valence electrons. The standard InChI is InChI=1S/C22H28N2/c1-21-11-4-3-5-16(21)6-7-17-18-8-9-20(24-14-13-23-15-24)22(18,2)12-10-19(17)21/h6,8-9,13-15,17,19H,3-5,7,10-12H2,1-2H3. The predicted octanol–water partition coefficient (Wildman–Crippen LogP) is 5.61. The summed E-state index contributed by atoms with van der Waals surface area (Å²) < 4.78 is 2.23. The van der Waals surface area contributed by atoms with Crippen LogP contribution in [0.2, 0.25) is 0 Å². The Morgan fingerprint density at radius 2 is 2.08 bits per heavy atom. The molecule has 0 saturated heterocycles. The fourth-order valence-electron chi connectivity index (χ4n) is 6.46. The zero-order chi connectivity index (χ0) is 16.4. The molecule has 0 aliphatic heterocycles. The lowest BCUT2D eigenvalue weighted by molar-refractivity contribution is 0.0766. The Balaban J connectivity index is 1.52. The summed E-state index contributed by atoms with van der Waals surface area (Å²) in [4.78, 5) is 4.27. The van der Waals surface area contributed by atoms with Crippen LogP contribution >= 0.6 is 0 Å². The van der Waals surface area contributed by atoms with Crippen molar-refractivity contribution in [1.29, 1.82) is 0 Å². The lowest BCUT2D eigenvalue weighted by Gasteiger charge is -2.55. The molecule has 2 fully saturated rings. The Kier molecular flexibility index (Phi) is 3.05. The molecule has 2 heteroatoms. The van der Waals surface area contributed by atoms with Crippen LogP contribution in [0.25, 0.3) is 5.70 Å². The van der Waals surface area contributed by atoms with Crippen molar-refractivity contribution in [1.82, 2.24) is 9.55 Å². The molecule has 0 radical (unpaired) electrons. The summed E-state index contributed by atoms with van der Waals surface area (Å²) in [6.45, 7) is 5.05. The molecule has 0 aromatic carbocycles. The van der Waals surface area contributed by atoms with Gasteiger partial charge in [0.2, 0.25) is 0 Å². The van der Waals surface area contributed by atoms with Crippen molar-refractivity contribution in [2.24, 2.45) is 22.7 Å². The van der Waals surface area contributed by atoms with Gasteiger partial charge in [0.1, 0.15) is 0 Å². The molecule has 5 rings (SSSR count). The third-order valence-corrected chi connectivity index (χ3v) is 7.81. The highest BCUT2D eigenvalue weighted by atomic mass is 15.0. The number of allylic oxidation sites excluding steroid dienone is 6. The maximum absolute atomic E-state index is 4.27. The summed E-state index contributed by atoms with van der Waals surface area (Å²) >= 11 is 0. The molecule has 0 N–H and O–H groups in total. The Morgan fingerprint density at radius 3 is 2.92 bits per heavy atom. The summed E-state index contributed by atoms with van der Waals surface area (Å²) in [5.74, 6) is 1.60. The van der Waals surface area contributed by atoms with E-state index in [4.69, 9.17) is 0 Å². The van der Waals surface area contributed by atoms with E-state index in [2.05, 4.69) is 47.8 Å². The Morgan fingerprint density at radius 1 is 1.17 bits per heavy atom. The lowest BCUT2D eigenvalue weighted by Crippen LogP contribution is -2.46. The number of aromatic nitrogens is 2. The van der Waals surface area contributed by atoms with Crippen molar-refractivity contribution >= 4 is 5.70 Å². The van der Waals surface area contributed by atoms with E-state index in [9.17, 15) is 0 Å². The molecule has 4 unspecified atom stereocenters. The first-order chi connectivity index (χ1) is 11.6. The minimum Gasteiger partial charge on any atom is -0.309 e. The van der Waals surface area contributed by atoms with E-state index in [1.54, 1.807) is 11.1 Å². The van der Waals surface area contributed by atoms with Crippen molar-refractivity contribution in [3.05, 3.63) is 48.1 Å². The van der Waals surface area contributed by atoms with Crippen LogP contribution in [0.15, 0.2) is 48.1 Å². The van der Waals surface area contributed by atoms with Gasteiger partial charge in [-0.15, -0.1) is 0 Å². The Bertz CT molecular complexity index is 751. The predicted molar refractivity (Wildman–Crippen MR) is 98.2 cm³/mol. The summed E-state index contributed by atoms with van der Waals surface area (Å²) in [5, 5.41) is 0. The molecule has 2 saturated carbocycles. The summed E-state index contributed by atoms with van der Waals surface area (Å²) in [5.41, 5.74) is 5.60. The number of hydrogen-bond donors (Lipinski definition) is 0.